The molecule has 0 saturated carbocycles. The number of allylic oxidation sites excluding steroid dienone is 1. The molecule has 6 heteroatoms. The van der Waals surface area contributed by atoms with E-state index >= 15 is 0 Å². The number of benzene rings is 1. The molecule has 150 valence electrons. The van der Waals surface area contributed by atoms with Crippen molar-refractivity contribution in [3.8, 4) is 11.1 Å². The summed E-state index contributed by atoms with van der Waals surface area (Å²) in [5.41, 5.74) is 5.37. The van der Waals surface area contributed by atoms with E-state index < -0.39 is 0 Å². The van der Waals surface area contributed by atoms with E-state index in [9.17, 15) is 4.79 Å². The van der Waals surface area contributed by atoms with Crippen LogP contribution in [0.25, 0.3) is 11.1 Å². The number of likely N-dealkylation sites (tertiary alicyclic amines) is 1. The number of carbonyl (C=O) groups excluding carboxylic acids is 1. The Labute approximate surface area is 171 Å². The molecule has 29 heavy (non-hydrogen) atoms. The first-order valence-corrected chi connectivity index (χ1v) is 9.72. The van der Waals surface area contributed by atoms with Gasteiger partial charge in [0.1, 0.15) is 12.1 Å². The molecule has 1 saturated heterocycles. The zero-order chi connectivity index (χ0) is 21.0. The highest BCUT2D eigenvalue weighted by Crippen LogP contribution is 2.27. The molecular formula is C23H27N5O. The molecule has 0 aliphatic carbocycles. The number of anilines is 1. The Morgan fingerprint density at radius 3 is 2.69 bits per heavy atom. The Morgan fingerprint density at radius 2 is 2.03 bits per heavy atom. The maximum absolute atomic E-state index is 11.3. The highest BCUT2D eigenvalue weighted by molar-refractivity contribution is 6.13. The molecule has 6 nitrogen and oxygen atoms in total. The van der Waals surface area contributed by atoms with Crippen LogP contribution in [0.5, 0.6) is 0 Å². The number of aromatic nitrogens is 2. The fourth-order valence-corrected chi connectivity index (χ4v) is 3.48. The van der Waals surface area contributed by atoms with Crippen LogP contribution in [0.4, 0.5) is 5.69 Å². The minimum absolute atomic E-state index is 0.0820. The number of rotatable bonds is 8. The molecule has 1 aliphatic rings. The molecule has 1 unspecified atom stereocenters. The van der Waals surface area contributed by atoms with E-state index in [4.69, 9.17) is 5.41 Å². The van der Waals surface area contributed by atoms with Crippen LogP contribution in [0.2, 0.25) is 0 Å². The standard InChI is InChI=1S/C23H27N5O/c1-15(2)23(24)21-10-18(19-12-25-17(4)26-13-19)7-8-22(21)27-11-16(3)28-9-5-6-20(28)14-29/h7-8,10,12-14,20,24,27H,1,3,5-6,9,11H2,2,4H3. The van der Waals surface area contributed by atoms with Crippen LogP contribution in [0, 0.1) is 12.3 Å². The zero-order valence-electron chi connectivity index (χ0n) is 17.0. The first kappa shape index (κ1) is 20.5. The molecule has 3 rings (SSSR count). The van der Waals surface area contributed by atoms with Crippen molar-refractivity contribution >= 4 is 17.7 Å². The molecule has 1 fully saturated rings. The van der Waals surface area contributed by atoms with Crippen molar-refractivity contribution in [2.45, 2.75) is 32.7 Å². The maximum atomic E-state index is 11.3. The molecule has 0 bridgehead atoms. The number of nitrogens with zero attached hydrogens (tertiary/aromatic N) is 3. The van der Waals surface area contributed by atoms with Gasteiger partial charge in [-0.1, -0.05) is 19.2 Å². The molecule has 1 aromatic carbocycles. The van der Waals surface area contributed by atoms with Crippen molar-refractivity contribution in [1.82, 2.24) is 14.9 Å². The Bertz CT molecular complexity index is 948. The molecule has 1 aromatic heterocycles. The quantitative estimate of drug-likeness (QED) is 0.527. The van der Waals surface area contributed by atoms with E-state index in [1.54, 1.807) is 12.4 Å². The molecule has 2 N–H and O–H groups in total. The van der Waals surface area contributed by atoms with Crippen LogP contribution in [-0.2, 0) is 4.79 Å². The third-order valence-corrected chi connectivity index (χ3v) is 5.18. The summed E-state index contributed by atoms with van der Waals surface area (Å²) >= 11 is 0. The smallest absolute Gasteiger partial charge is 0.142 e. The molecule has 2 aromatic rings. The molecule has 1 atom stereocenters. The molecular weight excluding hydrogens is 362 g/mol. The van der Waals surface area contributed by atoms with E-state index in [1.807, 2.05) is 32.0 Å². The predicted molar refractivity (Wildman–Crippen MR) is 117 cm³/mol. The van der Waals surface area contributed by atoms with Gasteiger partial charge in [0.15, 0.2) is 0 Å². The van der Waals surface area contributed by atoms with Gasteiger partial charge in [0.25, 0.3) is 0 Å². The van der Waals surface area contributed by atoms with Crippen molar-refractivity contribution in [3.63, 3.8) is 0 Å². The molecule has 2 heterocycles. The SMILES string of the molecule is C=C(C)C(=N)c1cc(-c2cnc(C)nc2)ccc1NCC(=C)N1CCCC1C=O. The lowest BCUT2D eigenvalue weighted by atomic mass is 9.98. The Morgan fingerprint density at radius 1 is 1.31 bits per heavy atom. The second-order valence-corrected chi connectivity index (χ2v) is 7.39. The lowest BCUT2D eigenvalue weighted by Crippen LogP contribution is -2.32. The minimum Gasteiger partial charge on any atom is -0.379 e. The normalized spacial score (nSPS) is 15.8. The number of hydrogen-bond donors (Lipinski definition) is 2. The van der Waals surface area contributed by atoms with Crippen LogP contribution in [-0.4, -0.2) is 46.0 Å². The van der Waals surface area contributed by atoms with Gasteiger partial charge in [-0.25, -0.2) is 9.97 Å². The second-order valence-electron chi connectivity index (χ2n) is 7.39. The summed E-state index contributed by atoms with van der Waals surface area (Å²) in [4.78, 5) is 21.8. The van der Waals surface area contributed by atoms with Gasteiger partial charge in [-0.3, -0.25) is 5.41 Å². The predicted octanol–water partition coefficient (Wildman–Crippen LogP) is 3.98. The number of aryl methyl sites for hydroxylation is 1. The van der Waals surface area contributed by atoms with Crippen LogP contribution in [0.15, 0.2) is 55.0 Å². The summed E-state index contributed by atoms with van der Waals surface area (Å²) < 4.78 is 0. The van der Waals surface area contributed by atoms with Crippen molar-refractivity contribution in [2.24, 2.45) is 0 Å². The average Bonchev–Trinajstić information content (AvgIpc) is 3.21. The van der Waals surface area contributed by atoms with Crippen LogP contribution >= 0.6 is 0 Å². The van der Waals surface area contributed by atoms with Crippen LogP contribution in [0.1, 0.15) is 31.2 Å². The monoisotopic (exact) mass is 389 g/mol. The van der Waals surface area contributed by atoms with Crippen LogP contribution < -0.4 is 5.32 Å². The summed E-state index contributed by atoms with van der Waals surface area (Å²) in [6, 6.07) is 5.82. The van der Waals surface area contributed by atoms with Crippen molar-refractivity contribution < 1.29 is 4.79 Å². The van der Waals surface area contributed by atoms with Crippen LogP contribution in [0.3, 0.4) is 0 Å². The van der Waals surface area contributed by atoms with Gasteiger partial charge in [0, 0.05) is 41.4 Å². The highest BCUT2D eigenvalue weighted by atomic mass is 16.1. The van der Waals surface area contributed by atoms with Gasteiger partial charge >= 0.3 is 0 Å². The minimum atomic E-state index is -0.0820. The van der Waals surface area contributed by atoms with E-state index in [2.05, 4.69) is 33.3 Å². The van der Waals surface area contributed by atoms with Gasteiger partial charge in [-0.05, 0) is 50.0 Å². The fraction of sp³-hybridized carbons (Fsp3) is 0.304. The first-order chi connectivity index (χ1) is 13.9. The number of hydrogen-bond acceptors (Lipinski definition) is 6. The van der Waals surface area contributed by atoms with Gasteiger partial charge in [-0.15, -0.1) is 0 Å². The van der Waals surface area contributed by atoms with Gasteiger partial charge < -0.3 is 15.0 Å². The summed E-state index contributed by atoms with van der Waals surface area (Å²) in [6.07, 6.45) is 6.45. The van der Waals surface area contributed by atoms with E-state index in [0.29, 0.717) is 17.8 Å². The average molecular weight is 390 g/mol. The first-order valence-electron chi connectivity index (χ1n) is 9.72. The van der Waals surface area contributed by atoms with E-state index in [1.165, 1.54) is 0 Å². The number of carbonyl (C=O) groups is 1. The lowest BCUT2D eigenvalue weighted by molar-refractivity contribution is -0.111. The van der Waals surface area contributed by atoms with E-state index in [-0.39, 0.29) is 6.04 Å². The molecule has 1 aliphatic heterocycles. The maximum Gasteiger partial charge on any atom is 0.142 e. The summed E-state index contributed by atoms with van der Waals surface area (Å²) in [5, 5.41) is 11.9. The third kappa shape index (κ3) is 4.59. The molecule has 0 amide bonds. The van der Waals surface area contributed by atoms with Crippen molar-refractivity contribution in [2.75, 3.05) is 18.4 Å². The Kier molecular flexibility index (Phi) is 6.22. The Balaban J connectivity index is 1.84. The molecule has 0 spiro atoms. The third-order valence-electron chi connectivity index (χ3n) is 5.18. The van der Waals surface area contributed by atoms with Crippen molar-refractivity contribution in [3.05, 3.63) is 66.4 Å². The highest BCUT2D eigenvalue weighted by Gasteiger charge is 2.24. The number of nitrogens with one attached hydrogen (secondary N) is 2. The summed E-state index contributed by atoms with van der Waals surface area (Å²) in [5.74, 6) is 0.719. The second kappa shape index (κ2) is 8.82. The summed E-state index contributed by atoms with van der Waals surface area (Å²) in [6.45, 7) is 13.1. The van der Waals surface area contributed by atoms with Gasteiger partial charge in [0.05, 0.1) is 18.3 Å². The van der Waals surface area contributed by atoms with Gasteiger partial charge in [0.2, 0.25) is 0 Å². The fourth-order valence-electron chi connectivity index (χ4n) is 3.48. The molecule has 0 radical (unpaired) electrons. The summed E-state index contributed by atoms with van der Waals surface area (Å²) in [7, 11) is 0. The topological polar surface area (TPSA) is 82.0 Å². The van der Waals surface area contributed by atoms with E-state index in [0.717, 1.165) is 59.6 Å². The zero-order valence-corrected chi connectivity index (χ0v) is 17.0. The largest absolute Gasteiger partial charge is 0.379 e. The Hall–Kier alpha value is -3.28. The van der Waals surface area contributed by atoms with Crippen molar-refractivity contribution in [1.29, 1.82) is 5.41 Å². The van der Waals surface area contributed by atoms with Gasteiger partial charge in [-0.2, -0.15) is 0 Å². The number of aldehydes is 1. The lowest BCUT2D eigenvalue weighted by Gasteiger charge is -2.26.